The molecule has 0 spiro atoms. The van der Waals surface area contributed by atoms with Gasteiger partial charge in [-0.05, 0) is 24.6 Å². The molecule has 0 aliphatic heterocycles. The molecule has 0 fully saturated rings. The Kier molecular flexibility index (Phi) is 5.64. The Morgan fingerprint density at radius 1 is 1.19 bits per heavy atom. The zero-order valence-electron chi connectivity index (χ0n) is 11.2. The topological polar surface area (TPSA) is 61.1 Å². The van der Waals surface area contributed by atoms with Gasteiger partial charge < -0.3 is 5.21 Å². The normalized spacial score (nSPS) is 12.0. The first-order chi connectivity index (χ1) is 10.1. The second-order valence-corrected chi connectivity index (χ2v) is 6.88. The monoisotopic (exact) mass is 367 g/mol. The number of rotatable bonds is 6. The fourth-order valence-corrected chi connectivity index (χ4v) is 3.21. The number of carbonyl (C=O) groups excluding carboxylic acids is 1. The fourth-order valence-electron chi connectivity index (χ4n) is 1.84. The number of hydrogen-bond donors (Lipinski definition) is 0. The first-order valence-electron chi connectivity index (χ1n) is 6.43. The molecule has 0 amide bonds. The van der Waals surface area contributed by atoms with Crippen LogP contribution in [-0.2, 0) is 10.8 Å². The average Bonchev–Trinajstić information content (AvgIpc) is 2.48. The molecule has 2 rings (SSSR count). The summed E-state index contributed by atoms with van der Waals surface area (Å²) in [6.45, 7) is 0. The lowest BCUT2D eigenvalue weighted by atomic mass is 10.1. The van der Waals surface area contributed by atoms with Crippen molar-refractivity contribution < 1.29 is 13.7 Å². The Balaban J connectivity index is 1.87. The van der Waals surface area contributed by atoms with Crippen molar-refractivity contribution in [3.8, 4) is 0 Å². The van der Waals surface area contributed by atoms with Gasteiger partial charge in [-0.25, -0.2) is 4.21 Å². The van der Waals surface area contributed by atoms with Crippen LogP contribution < -0.4 is 4.73 Å². The van der Waals surface area contributed by atoms with Gasteiger partial charge in [0, 0.05) is 34.3 Å². The van der Waals surface area contributed by atoms with E-state index in [4.69, 9.17) is 0 Å². The van der Waals surface area contributed by atoms with E-state index in [-0.39, 0.29) is 10.8 Å². The Morgan fingerprint density at radius 3 is 2.57 bits per heavy atom. The zero-order valence-corrected chi connectivity index (χ0v) is 13.6. The van der Waals surface area contributed by atoms with Gasteiger partial charge in [0.2, 0.25) is 0 Å². The summed E-state index contributed by atoms with van der Waals surface area (Å²) in [5.74, 6) is 0.316. The first kappa shape index (κ1) is 15.9. The summed E-state index contributed by atoms with van der Waals surface area (Å²) in [6, 6.07) is 11.9. The number of ketones is 1. The van der Waals surface area contributed by atoms with Crippen LogP contribution >= 0.6 is 15.9 Å². The standard InChI is InChI=1S/C15H14BrNO3S/c16-13-8-6-12(7-9-13)14(18)4-3-11-21(20)15-5-1-2-10-17(15)19/h1-2,5-10H,3-4,11H2/t21-/m1/s1. The number of aromatic nitrogens is 1. The predicted molar refractivity (Wildman–Crippen MR) is 84.4 cm³/mol. The van der Waals surface area contributed by atoms with Crippen molar-refractivity contribution in [1.29, 1.82) is 0 Å². The Hall–Kier alpha value is -1.53. The van der Waals surface area contributed by atoms with Gasteiger partial charge >= 0.3 is 0 Å². The van der Waals surface area contributed by atoms with Gasteiger partial charge in [0.25, 0.3) is 5.03 Å². The molecule has 0 unspecified atom stereocenters. The number of Topliss-reactive ketones (excluding diaryl/α,β-unsaturated/α-hetero) is 1. The third-order valence-corrected chi connectivity index (χ3v) is 4.89. The fraction of sp³-hybridized carbons (Fsp3) is 0.200. The lowest BCUT2D eigenvalue weighted by Gasteiger charge is -2.04. The van der Waals surface area contributed by atoms with Gasteiger partial charge in [-0.2, -0.15) is 4.73 Å². The van der Waals surface area contributed by atoms with Crippen LogP contribution in [0.15, 0.2) is 58.2 Å². The molecule has 4 nitrogen and oxygen atoms in total. The number of nitrogens with zero attached hydrogens (tertiary/aromatic N) is 1. The van der Waals surface area contributed by atoms with E-state index in [2.05, 4.69) is 15.9 Å². The summed E-state index contributed by atoms with van der Waals surface area (Å²) in [5, 5.41) is 11.7. The molecule has 0 radical (unpaired) electrons. The van der Waals surface area contributed by atoms with Crippen LogP contribution in [0, 0.1) is 5.21 Å². The van der Waals surface area contributed by atoms with Crippen LogP contribution in [0.25, 0.3) is 0 Å². The van der Waals surface area contributed by atoms with Crippen LogP contribution in [0.4, 0.5) is 0 Å². The molecule has 6 heteroatoms. The van der Waals surface area contributed by atoms with Gasteiger partial charge in [-0.3, -0.25) is 4.79 Å². The van der Waals surface area contributed by atoms with E-state index in [1.165, 1.54) is 6.20 Å². The highest BCUT2D eigenvalue weighted by molar-refractivity contribution is 9.10. The van der Waals surface area contributed by atoms with E-state index in [0.29, 0.717) is 28.9 Å². The number of halogens is 1. The van der Waals surface area contributed by atoms with Crippen LogP contribution in [0.1, 0.15) is 23.2 Å². The molecule has 0 aliphatic rings. The van der Waals surface area contributed by atoms with Gasteiger partial charge in [0.15, 0.2) is 12.0 Å². The highest BCUT2D eigenvalue weighted by Crippen LogP contribution is 2.13. The molecule has 0 N–H and O–H groups in total. The summed E-state index contributed by atoms with van der Waals surface area (Å²) in [6.07, 6.45) is 2.12. The number of hydrogen-bond acceptors (Lipinski definition) is 3. The molecule has 21 heavy (non-hydrogen) atoms. The molecule has 2 aromatic rings. The summed E-state index contributed by atoms with van der Waals surface area (Å²) in [5.41, 5.74) is 0.641. The Bertz CT molecular complexity index is 658. The maximum Gasteiger partial charge on any atom is 0.281 e. The van der Waals surface area contributed by atoms with Crippen LogP contribution in [0.2, 0.25) is 0 Å². The van der Waals surface area contributed by atoms with E-state index in [1.54, 1.807) is 30.3 Å². The Morgan fingerprint density at radius 2 is 1.90 bits per heavy atom. The first-order valence-corrected chi connectivity index (χ1v) is 8.54. The molecule has 1 heterocycles. The molecule has 0 saturated carbocycles. The van der Waals surface area contributed by atoms with E-state index in [1.807, 2.05) is 12.1 Å². The number of pyridine rings is 1. The van der Waals surface area contributed by atoms with Gasteiger partial charge in [0.05, 0.1) is 0 Å². The van der Waals surface area contributed by atoms with E-state index in [9.17, 15) is 14.2 Å². The van der Waals surface area contributed by atoms with Gasteiger partial charge in [0.1, 0.15) is 10.8 Å². The number of carbonyl (C=O) groups is 1. The highest BCUT2D eigenvalue weighted by Gasteiger charge is 2.14. The summed E-state index contributed by atoms with van der Waals surface area (Å²) < 4.78 is 13.5. The van der Waals surface area contributed by atoms with E-state index < -0.39 is 10.8 Å². The van der Waals surface area contributed by atoms with Crippen molar-refractivity contribution in [2.75, 3.05) is 5.75 Å². The van der Waals surface area contributed by atoms with Crippen molar-refractivity contribution in [1.82, 2.24) is 0 Å². The zero-order chi connectivity index (χ0) is 15.2. The van der Waals surface area contributed by atoms with Gasteiger partial charge in [-0.15, -0.1) is 0 Å². The third-order valence-electron chi connectivity index (χ3n) is 2.92. The lowest BCUT2D eigenvalue weighted by Crippen LogP contribution is -2.31. The lowest BCUT2D eigenvalue weighted by molar-refractivity contribution is -0.646. The molecular formula is C15H14BrNO3S. The molecule has 1 aromatic carbocycles. The van der Waals surface area contributed by atoms with Crippen molar-refractivity contribution in [3.63, 3.8) is 0 Å². The maximum absolute atomic E-state index is 12.0. The predicted octanol–water partition coefficient (Wildman–Crippen LogP) is 2.85. The second kappa shape index (κ2) is 7.47. The smallest absolute Gasteiger partial charge is 0.281 e. The minimum absolute atomic E-state index is 0.0163. The molecule has 110 valence electrons. The van der Waals surface area contributed by atoms with E-state index in [0.717, 1.165) is 4.47 Å². The number of benzene rings is 1. The van der Waals surface area contributed by atoms with E-state index >= 15 is 0 Å². The van der Waals surface area contributed by atoms with Crippen LogP contribution in [0.5, 0.6) is 0 Å². The molecule has 1 aromatic heterocycles. The van der Waals surface area contributed by atoms with Crippen LogP contribution in [0.3, 0.4) is 0 Å². The quantitative estimate of drug-likeness (QED) is 0.448. The largest absolute Gasteiger partial charge is 0.618 e. The van der Waals surface area contributed by atoms with Crippen molar-refractivity contribution >= 4 is 32.5 Å². The van der Waals surface area contributed by atoms with Crippen molar-refractivity contribution in [3.05, 3.63) is 63.9 Å². The maximum atomic E-state index is 12.0. The summed E-state index contributed by atoms with van der Waals surface area (Å²) >= 11 is 3.32. The van der Waals surface area contributed by atoms with Crippen LogP contribution in [-0.4, -0.2) is 15.7 Å². The molecule has 0 bridgehead atoms. The summed E-state index contributed by atoms with van der Waals surface area (Å²) in [4.78, 5) is 12.0. The minimum Gasteiger partial charge on any atom is -0.618 e. The Labute approximate surface area is 134 Å². The molecule has 0 saturated heterocycles. The SMILES string of the molecule is O=C(CCC[S@@](=O)c1cccc[n+]1[O-])c1ccc(Br)cc1. The average molecular weight is 368 g/mol. The minimum atomic E-state index is -1.38. The molecule has 0 aliphatic carbocycles. The van der Waals surface area contributed by atoms with Crippen molar-refractivity contribution in [2.45, 2.75) is 17.9 Å². The summed E-state index contributed by atoms with van der Waals surface area (Å²) in [7, 11) is -1.38. The van der Waals surface area contributed by atoms with Gasteiger partial charge in [-0.1, -0.05) is 28.1 Å². The molecule has 1 atom stereocenters. The third kappa shape index (κ3) is 4.47. The highest BCUT2D eigenvalue weighted by atomic mass is 79.9. The second-order valence-electron chi connectivity index (χ2n) is 4.45. The molecular weight excluding hydrogens is 354 g/mol. The van der Waals surface area contributed by atoms with Crippen molar-refractivity contribution in [2.24, 2.45) is 0 Å².